The Morgan fingerprint density at radius 1 is 1.29 bits per heavy atom. The van der Waals surface area contributed by atoms with Gasteiger partial charge in [0.2, 0.25) is 5.95 Å². The molecule has 0 bridgehead atoms. The second-order valence-electron chi connectivity index (χ2n) is 8.03. The zero-order chi connectivity index (χ0) is 20.3. The van der Waals surface area contributed by atoms with E-state index < -0.39 is 0 Å². The molecule has 5 rings (SSSR count). The highest BCUT2D eigenvalue weighted by atomic mass is 35.5. The van der Waals surface area contributed by atoms with Crippen LogP contribution in [-0.2, 0) is 0 Å². The number of nitrogens with zero attached hydrogens (tertiary/aromatic N) is 4. The number of anilines is 1. The summed E-state index contributed by atoms with van der Waals surface area (Å²) >= 11 is 6.46. The molecule has 1 fully saturated rings. The van der Waals surface area contributed by atoms with Gasteiger partial charge in [-0.1, -0.05) is 23.3 Å². The first-order valence-corrected chi connectivity index (χ1v) is 11.0. The fraction of sp³-hybridized carbons (Fsp3) is 0.409. The molecular weight excluding hydrogens is 433 g/mol. The summed E-state index contributed by atoms with van der Waals surface area (Å²) < 4.78 is 0. The van der Waals surface area contributed by atoms with Gasteiger partial charge in [0, 0.05) is 49.0 Å². The maximum atomic E-state index is 6.46. The maximum absolute atomic E-state index is 6.46. The second kappa shape index (κ2) is 9.96. The van der Waals surface area contributed by atoms with Crippen LogP contribution in [0.15, 0.2) is 42.4 Å². The minimum atomic E-state index is 0. The maximum Gasteiger partial charge on any atom is 0.223 e. The Hall–Kier alpha value is -2.19. The lowest BCUT2D eigenvalue weighted by atomic mass is 10.0. The van der Waals surface area contributed by atoms with Gasteiger partial charge in [-0.3, -0.25) is 4.90 Å². The van der Waals surface area contributed by atoms with Crippen LogP contribution in [0.2, 0.25) is 5.02 Å². The third kappa shape index (κ3) is 5.01. The Bertz CT molecular complexity index is 1060. The highest BCUT2D eigenvalue weighted by Crippen LogP contribution is 2.31. The predicted octanol–water partition coefficient (Wildman–Crippen LogP) is 3.89. The Morgan fingerprint density at radius 3 is 3.10 bits per heavy atom. The molecule has 7 nitrogen and oxygen atoms in total. The second-order valence-corrected chi connectivity index (χ2v) is 8.43. The summed E-state index contributed by atoms with van der Waals surface area (Å²) in [5.41, 5.74) is 4.04. The fourth-order valence-corrected chi connectivity index (χ4v) is 4.57. The van der Waals surface area contributed by atoms with E-state index in [0.29, 0.717) is 17.0 Å². The third-order valence-electron chi connectivity index (χ3n) is 5.87. The average Bonchev–Trinajstić information content (AvgIpc) is 3.20. The molecule has 0 aliphatic carbocycles. The van der Waals surface area contributed by atoms with E-state index in [1.54, 1.807) is 18.0 Å². The van der Waals surface area contributed by atoms with Crippen molar-refractivity contribution in [3.8, 4) is 11.3 Å². The number of hydrogen-bond acceptors (Lipinski definition) is 6. The topological polar surface area (TPSA) is 81.8 Å². The number of piperidine rings is 1. The molecule has 1 atom stereocenters. The fourth-order valence-electron chi connectivity index (χ4n) is 4.38. The van der Waals surface area contributed by atoms with Crippen LogP contribution in [0.1, 0.15) is 19.3 Å². The molecule has 0 saturated carbocycles. The van der Waals surface area contributed by atoms with Gasteiger partial charge in [-0.25, -0.2) is 15.0 Å². The first kappa shape index (κ1) is 22.0. The summed E-state index contributed by atoms with van der Waals surface area (Å²) in [6.45, 7) is 5.30. The number of pyridine rings is 1. The quantitative estimate of drug-likeness (QED) is 0.502. The highest BCUT2D eigenvalue weighted by Gasteiger charge is 2.22. The molecule has 3 aromatic rings. The van der Waals surface area contributed by atoms with Crippen molar-refractivity contribution in [3.05, 3.63) is 47.4 Å². The SMILES string of the molecule is Cl.Clc1cnc(N[C@@H]2CCCN(CC3=CCNCC3)C2)nc1-c1c[nH]c2ncccc12. The van der Waals surface area contributed by atoms with Gasteiger partial charge < -0.3 is 15.6 Å². The molecule has 2 aliphatic heterocycles. The number of fused-ring (bicyclic) bond motifs is 1. The van der Waals surface area contributed by atoms with E-state index >= 15 is 0 Å². The van der Waals surface area contributed by atoms with E-state index in [2.05, 4.69) is 36.6 Å². The van der Waals surface area contributed by atoms with Crippen molar-refractivity contribution >= 4 is 41.0 Å². The smallest absolute Gasteiger partial charge is 0.223 e. The van der Waals surface area contributed by atoms with E-state index in [4.69, 9.17) is 16.6 Å². The third-order valence-corrected chi connectivity index (χ3v) is 6.15. The van der Waals surface area contributed by atoms with Crippen LogP contribution in [0.3, 0.4) is 0 Å². The molecule has 164 valence electrons. The van der Waals surface area contributed by atoms with Crippen LogP contribution in [-0.4, -0.2) is 63.6 Å². The first-order chi connectivity index (χ1) is 14.8. The molecule has 9 heteroatoms. The number of aromatic amines is 1. The van der Waals surface area contributed by atoms with Crippen LogP contribution in [0.25, 0.3) is 22.3 Å². The molecule has 3 N–H and O–H groups in total. The van der Waals surface area contributed by atoms with Crippen molar-refractivity contribution in [2.24, 2.45) is 0 Å². The number of H-pyrrole nitrogens is 1. The zero-order valence-electron chi connectivity index (χ0n) is 17.3. The average molecular weight is 460 g/mol. The molecule has 2 aliphatic rings. The number of halogens is 2. The van der Waals surface area contributed by atoms with E-state index in [0.717, 1.165) is 67.9 Å². The highest BCUT2D eigenvalue weighted by molar-refractivity contribution is 6.33. The Kier molecular flexibility index (Phi) is 7.07. The molecule has 3 aromatic heterocycles. The van der Waals surface area contributed by atoms with Crippen molar-refractivity contribution in [1.29, 1.82) is 0 Å². The van der Waals surface area contributed by atoms with Crippen molar-refractivity contribution in [1.82, 2.24) is 30.2 Å². The van der Waals surface area contributed by atoms with Gasteiger partial charge in [-0.2, -0.15) is 0 Å². The molecule has 0 unspecified atom stereocenters. The minimum Gasteiger partial charge on any atom is -0.350 e. The van der Waals surface area contributed by atoms with Crippen LogP contribution >= 0.6 is 24.0 Å². The number of aromatic nitrogens is 4. The summed E-state index contributed by atoms with van der Waals surface area (Å²) in [4.78, 5) is 19.3. The normalized spacial score (nSPS) is 19.6. The number of nitrogens with one attached hydrogen (secondary N) is 3. The lowest BCUT2D eigenvalue weighted by Crippen LogP contribution is -2.43. The van der Waals surface area contributed by atoms with E-state index in [1.165, 1.54) is 6.42 Å². The number of likely N-dealkylation sites (tertiary alicyclic amines) is 1. The molecule has 0 amide bonds. The minimum absolute atomic E-state index is 0. The van der Waals surface area contributed by atoms with Crippen molar-refractivity contribution in [3.63, 3.8) is 0 Å². The van der Waals surface area contributed by atoms with Gasteiger partial charge in [-0.05, 0) is 44.5 Å². The molecule has 31 heavy (non-hydrogen) atoms. The molecule has 0 spiro atoms. The van der Waals surface area contributed by atoms with E-state index in [1.807, 2.05) is 18.3 Å². The molecule has 1 saturated heterocycles. The van der Waals surface area contributed by atoms with Crippen molar-refractivity contribution < 1.29 is 0 Å². The van der Waals surface area contributed by atoms with Crippen molar-refractivity contribution in [2.75, 3.05) is 38.0 Å². The van der Waals surface area contributed by atoms with Gasteiger partial charge in [-0.15, -0.1) is 12.4 Å². The monoisotopic (exact) mass is 459 g/mol. The lowest BCUT2D eigenvalue weighted by molar-refractivity contribution is 0.230. The van der Waals surface area contributed by atoms with Crippen LogP contribution < -0.4 is 10.6 Å². The number of rotatable bonds is 5. The molecule has 5 heterocycles. The summed E-state index contributed by atoms with van der Waals surface area (Å²) in [5.74, 6) is 0.626. The Morgan fingerprint density at radius 2 is 2.23 bits per heavy atom. The zero-order valence-corrected chi connectivity index (χ0v) is 18.8. The van der Waals surface area contributed by atoms with Crippen molar-refractivity contribution in [2.45, 2.75) is 25.3 Å². The van der Waals surface area contributed by atoms with Gasteiger partial charge in [0.05, 0.1) is 16.9 Å². The van der Waals surface area contributed by atoms with Gasteiger partial charge in [0.15, 0.2) is 0 Å². The number of hydrogen-bond donors (Lipinski definition) is 3. The molecular formula is C22H27Cl2N7. The van der Waals surface area contributed by atoms with Gasteiger partial charge >= 0.3 is 0 Å². The summed E-state index contributed by atoms with van der Waals surface area (Å²) in [5, 5.41) is 8.47. The van der Waals surface area contributed by atoms with Crippen LogP contribution in [0.5, 0.6) is 0 Å². The molecule has 0 aromatic carbocycles. The Balaban J connectivity index is 0.00000231. The van der Waals surface area contributed by atoms with Gasteiger partial charge in [0.25, 0.3) is 0 Å². The summed E-state index contributed by atoms with van der Waals surface area (Å²) in [7, 11) is 0. The lowest BCUT2D eigenvalue weighted by Gasteiger charge is -2.34. The summed E-state index contributed by atoms with van der Waals surface area (Å²) in [6, 6.07) is 4.27. The first-order valence-electron chi connectivity index (χ1n) is 10.6. The van der Waals surface area contributed by atoms with Gasteiger partial charge in [0.1, 0.15) is 5.65 Å². The van der Waals surface area contributed by atoms with Crippen LogP contribution in [0, 0.1) is 0 Å². The predicted molar refractivity (Wildman–Crippen MR) is 128 cm³/mol. The standard InChI is InChI=1S/C22H26ClN7.ClH/c23-19-12-27-22(29-20(19)18-11-26-21-17(18)4-1-7-25-21)28-16-3-2-10-30(14-16)13-15-5-8-24-9-6-15;/h1,4-5,7,11-12,16,24H,2-3,6,8-10,13-14H2,(H,25,26)(H,27,28,29);1H/t16-;/m1./s1. The van der Waals surface area contributed by atoms with Crippen LogP contribution in [0.4, 0.5) is 5.95 Å². The summed E-state index contributed by atoms with van der Waals surface area (Å²) in [6.07, 6.45) is 11.1. The van der Waals surface area contributed by atoms with E-state index in [-0.39, 0.29) is 12.4 Å². The Labute approximate surface area is 193 Å². The molecule has 0 radical (unpaired) electrons. The van der Waals surface area contributed by atoms with E-state index in [9.17, 15) is 0 Å². The largest absolute Gasteiger partial charge is 0.350 e.